The molecule has 16 heavy (non-hydrogen) atoms. The maximum absolute atomic E-state index is 12.4. The molecule has 0 amide bonds. The van der Waals surface area contributed by atoms with Gasteiger partial charge in [-0.15, -0.1) is 0 Å². The number of nitrogens with one attached hydrogen (secondary N) is 1. The van der Waals surface area contributed by atoms with Crippen LogP contribution in [0.5, 0.6) is 5.75 Å². The summed E-state index contributed by atoms with van der Waals surface area (Å²) in [5.41, 5.74) is 0.887. The molecule has 0 spiro atoms. The number of rotatable bonds is 5. The number of hydrogen-bond donors (Lipinski definition) is 1. The van der Waals surface area contributed by atoms with Gasteiger partial charge in [0.1, 0.15) is 5.75 Å². The number of methoxy groups -OCH3 is 1. The molecule has 0 aromatic heterocycles. The van der Waals surface area contributed by atoms with Gasteiger partial charge in [-0.2, -0.15) is 0 Å². The van der Waals surface area contributed by atoms with Crippen molar-refractivity contribution in [2.45, 2.75) is 32.4 Å². The van der Waals surface area contributed by atoms with Gasteiger partial charge in [0.25, 0.3) is 6.43 Å². The Hall–Kier alpha value is -1.16. The number of alkyl halides is 2. The summed E-state index contributed by atoms with van der Waals surface area (Å²) in [6.07, 6.45) is -2.36. The standard InChI is InChI=1S/C12H17F2NO/c1-8(15-9(2)12(13)14)10-6-4-5-7-11(10)16-3/h4-9,12,15H,1-3H3/t8-,9?/m1/s1. The summed E-state index contributed by atoms with van der Waals surface area (Å²) < 4.78 is 30.0. The fraction of sp³-hybridized carbons (Fsp3) is 0.500. The van der Waals surface area contributed by atoms with Crippen LogP contribution in [0.25, 0.3) is 0 Å². The van der Waals surface area contributed by atoms with Gasteiger partial charge in [0.05, 0.1) is 13.2 Å². The van der Waals surface area contributed by atoms with Crippen LogP contribution in [0.2, 0.25) is 0 Å². The predicted octanol–water partition coefficient (Wildman–Crippen LogP) is 3.00. The smallest absolute Gasteiger partial charge is 0.253 e. The highest BCUT2D eigenvalue weighted by molar-refractivity contribution is 5.35. The Bertz CT molecular complexity index is 331. The number of halogens is 2. The lowest BCUT2D eigenvalue weighted by Gasteiger charge is -2.21. The normalized spacial score (nSPS) is 14.9. The van der Waals surface area contributed by atoms with E-state index >= 15 is 0 Å². The molecule has 1 aromatic rings. The molecule has 0 saturated carbocycles. The van der Waals surface area contributed by atoms with Crippen LogP contribution in [0.1, 0.15) is 25.5 Å². The fourth-order valence-electron chi connectivity index (χ4n) is 1.58. The van der Waals surface area contributed by atoms with Gasteiger partial charge in [-0.25, -0.2) is 8.78 Å². The molecule has 1 unspecified atom stereocenters. The lowest BCUT2D eigenvalue weighted by molar-refractivity contribution is 0.101. The van der Waals surface area contributed by atoms with Gasteiger partial charge in [-0.05, 0) is 19.9 Å². The largest absolute Gasteiger partial charge is 0.496 e. The molecular weight excluding hydrogens is 212 g/mol. The van der Waals surface area contributed by atoms with E-state index in [1.165, 1.54) is 6.92 Å². The van der Waals surface area contributed by atoms with Crippen molar-refractivity contribution in [3.63, 3.8) is 0 Å². The van der Waals surface area contributed by atoms with Crippen LogP contribution >= 0.6 is 0 Å². The Kier molecular flexibility index (Phi) is 4.68. The predicted molar refractivity (Wildman–Crippen MR) is 60.0 cm³/mol. The second kappa shape index (κ2) is 5.80. The number of para-hydroxylation sites is 1. The van der Waals surface area contributed by atoms with Crippen molar-refractivity contribution < 1.29 is 13.5 Å². The van der Waals surface area contributed by atoms with Crippen LogP contribution in [-0.4, -0.2) is 19.6 Å². The van der Waals surface area contributed by atoms with E-state index in [-0.39, 0.29) is 6.04 Å². The minimum Gasteiger partial charge on any atom is -0.496 e. The van der Waals surface area contributed by atoms with E-state index in [4.69, 9.17) is 4.74 Å². The molecule has 2 atom stereocenters. The third-order valence-corrected chi connectivity index (χ3v) is 2.50. The van der Waals surface area contributed by atoms with Crippen molar-refractivity contribution in [1.29, 1.82) is 0 Å². The zero-order valence-electron chi connectivity index (χ0n) is 9.71. The highest BCUT2D eigenvalue weighted by atomic mass is 19.3. The van der Waals surface area contributed by atoms with Gasteiger partial charge in [0.15, 0.2) is 0 Å². The Morgan fingerprint density at radius 3 is 2.38 bits per heavy atom. The van der Waals surface area contributed by atoms with E-state index in [0.717, 1.165) is 5.56 Å². The number of ether oxygens (including phenoxy) is 1. The van der Waals surface area contributed by atoms with Crippen LogP contribution in [0.4, 0.5) is 8.78 Å². The van der Waals surface area contributed by atoms with Crippen LogP contribution in [0.3, 0.4) is 0 Å². The Morgan fingerprint density at radius 2 is 1.81 bits per heavy atom. The van der Waals surface area contributed by atoms with Gasteiger partial charge in [-0.3, -0.25) is 0 Å². The average Bonchev–Trinajstić information content (AvgIpc) is 2.28. The second-order valence-corrected chi connectivity index (χ2v) is 3.75. The molecule has 0 aliphatic heterocycles. The van der Waals surface area contributed by atoms with E-state index in [0.29, 0.717) is 5.75 Å². The van der Waals surface area contributed by atoms with Crippen molar-refractivity contribution >= 4 is 0 Å². The van der Waals surface area contributed by atoms with Crippen LogP contribution in [-0.2, 0) is 0 Å². The number of benzene rings is 1. The maximum Gasteiger partial charge on any atom is 0.253 e. The Morgan fingerprint density at radius 1 is 1.19 bits per heavy atom. The molecule has 0 aliphatic carbocycles. The molecule has 90 valence electrons. The summed E-state index contributed by atoms with van der Waals surface area (Å²) in [5, 5.41) is 2.84. The average molecular weight is 229 g/mol. The van der Waals surface area contributed by atoms with E-state index in [2.05, 4.69) is 5.32 Å². The summed E-state index contributed by atoms with van der Waals surface area (Å²) in [4.78, 5) is 0. The monoisotopic (exact) mass is 229 g/mol. The highest BCUT2D eigenvalue weighted by Gasteiger charge is 2.19. The van der Waals surface area contributed by atoms with Crippen molar-refractivity contribution in [2.75, 3.05) is 7.11 Å². The first-order chi connectivity index (χ1) is 7.56. The Labute approximate surface area is 94.6 Å². The third-order valence-electron chi connectivity index (χ3n) is 2.50. The molecule has 0 aliphatic rings. The van der Waals surface area contributed by atoms with Gasteiger partial charge in [0.2, 0.25) is 0 Å². The molecule has 1 N–H and O–H groups in total. The molecule has 0 saturated heterocycles. The molecule has 0 fully saturated rings. The molecular formula is C12H17F2NO. The lowest BCUT2D eigenvalue weighted by atomic mass is 10.1. The fourth-order valence-corrected chi connectivity index (χ4v) is 1.58. The Balaban J connectivity index is 2.76. The van der Waals surface area contributed by atoms with E-state index < -0.39 is 12.5 Å². The molecule has 4 heteroatoms. The quantitative estimate of drug-likeness (QED) is 0.838. The summed E-state index contributed by atoms with van der Waals surface area (Å²) in [5.74, 6) is 0.712. The van der Waals surface area contributed by atoms with Crippen LogP contribution in [0.15, 0.2) is 24.3 Å². The van der Waals surface area contributed by atoms with Crippen molar-refractivity contribution in [1.82, 2.24) is 5.32 Å². The molecule has 0 heterocycles. The second-order valence-electron chi connectivity index (χ2n) is 3.75. The summed E-state index contributed by atoms with van der Waals surface area (Å²) in [6, 6.07) is 6.41. The van der Waals surface area contributed by atoms with Gasteiger partial charge >= 0.3 is 0 Å². The van der Waals surface area contributed by atoms with E-state index in [1.54, 1.807) is 7.11 Å². The van der Waals surface area contributed by atoms with Crippen LogP contribution in [0, 0.1) is 0 Å². The molecule has 0 radical (unpaired) electrons. The molecule has 1 aromatic carbocycles. The van der Waals surface area contributed by atoms with E-state index in [9.17, 15) is 8.78 Å². The maximum atomic E-state index is 12.4. The first kappa shape index (κ1) is 12.9. The minimum atomic E-state index is -2.36. The van der Waals surface area contributed by atoms with Gasteiger partial charge < -0.3 is 10.1 Å². The first-order valence-electron chi connectivity index (χ1n) is 5.23. The molecule has 2 nitrogen and oxygen atoms in total. The highest BCUT2D eigenvalue weighted by Crippen LogP contribution is 2.24. The summed E-state index contributed by atoms with van der Waals surface area (Å²) >= 11 is 0. The van der Waals surface area contributed by atoms with Crippen molar-refractivity contribution in [3.05, 3.63) is 29.8 Å². The number of hydrogen-bond acceptors (Lipinski definition) is 2. The van der Waals surface area contributed by atoms with Crippen molar-refractivity contribution in [2.24, 2.45) is 0 Å². The van der Waals surface area contributed by atoms with Crippen molar-refractivity contribution in [3.8, 4) is 5.75 Å². The molecule has 0 bridgehead atoms. The third kappa shape index (κ3) is 3.17. The van der Waals surface area contributed by atoms with Gasteiger partial charge in [0, 0.05) is 11.6 Å². The zero-order valence-corrected chi connectivity index (χ0v) is 9.71. The van der Waals surface area contributed by atoms with Crippen LogP contribution < -0.4 is 10.1 Å². The SMILES string of the molecule is COc1ccccc1[C@@H](C)NC(C)C(F)F. The van der Waals surface area contributed by atoms with E-state index in [1.807, 2.05) is 31.2 Å². The van der Waals surface area contributed by atoms with Gasteiger partial charge in [-0.1, -0.05) is 18.2 Å². The zero-order chi connectivity index (χ0) is 12.1. The first-order valence-corrected chi connectivity index (χ1v) is 5.23. The molecule has 1 rings (SSSR count). The minimum absolute atomic E-state index is 0.167. The lowest BCUT2D eigenvalue weighted by Crippen LogP contribution is -2.34. The topological polar surface area (TPSA) is 21.3 Å². The summed E-state index contributed by atoms with van der Waals surface area (Å²) in [7, 11) is 1.57. The summed E-state index contributed by atoms with van der Waals surface area (Å²) in [6.45, 7) is 3.31.